The Labute approximate surface area is 102 Å². The summed E-state index contributed by atoms with van der Waals surface area (Å²) in [6.07, 6.45) is 6.62. The second kappa shape index (κ2) is 7.09. The van der Waals surface area contributed by atoms with Crippen LogP contribution in [0.1, 0.15) is 46.0 Å². The lowest BCUT2D eigenvalue weighted by Crippen LogP contribution is -2.32. The van der Waals surface area contributed by atoms with Gasteiger partial charge in [-0.05, 0) is 19.3 Å². The maximum absolute atomic E-state index is 11.3. The molecule has 0 saturated heterocycles. The third-order valence-corrected chi connectivity index (χ3v) is 2.77. The van der Waals surface area contributed by atoms with E-state index in [1.54, 1.807) is 13.8 Å². The van der Waals surface area contributed by atoms with Crippen LogP contribution in [0.3, 0.4) is 0 Å². The Hall–Kier alpha value is -1.32. The van der Waals surface area contributed by atoms with Crippen LogP contribution >= 0.6 is 0 Å². The third kappa shape index (κ3) is 4.59. The van der Waals surface area contributed by atoms with Gasteiger partial charge in [0, 0.05) is 18.8 Å². The Kier molecular flexibility index (Phi) is 5.73. The van der Waals surface area contributed by atoms with Crippen LogP contribution in [0.5, 0.6) is 0 Å². The molecule has 0 saturated carbocycles. The molecule has 0 heterocycles. The SMILES string of the molecule is CCC(=O)OC(OC(=O)CC)C1CC=CCC1. The fourth-order valence-electron chi connectivity index (χ4n) is 1.71. The molecule has 4 heteroatoms. The van der Waals surface area contributed by atoms with Crippen molar-refractivity contribution in [3.63, 3.8) is 0 Å². The monoisotopic (exact) mass is 240 g/mol. The summed E-state index contributed by atoms with van der Waals surface area (Å²) < 4.78 is 10.4. The Balaban J connectivity index is 2.60. The van der Waals surface area contributed by atoms with Gasteiger partial charge < -0.3 is 9.47 Å². The number of rotatable bonds is 5. The zero-order chi connectivity index (χ0) is 12.7. The van der Waals surface area contributed by atoms with E-state index >= 15 is 0 Å². The van der Waals surface area contributed by atoms with Gasteiger partial charge in [0.2, 0.25) is 0 Å². The molecule has 1 aliphatic rings. The van der Waals surface area contributed by atoms with Crippen molar-refractivity contribution in [1.29, 1.82) is 0 Å². The number of carbonyl (C=O) groups is 2. The molecule has 4 nitrogen and oxygen atoms in total. The Morgan fingerprint density at radius 3 is 2.18 bits per heavy atom. The highest BCUT2D eigenvalue weighted by atomic mass is 16.7. The van der Waals surface area contributed by atoms with E-state index in [4.69, 9.17) is 9.47 Å². The molecule has 0 amide bonds. The maximum Gasteiger partial charge on any atom is 0.308 e. The summed E-state index contributed by atoms with van der Waals surface area (Å²) in [5, 5.41) is 0. The molecule has 0 N–H and O–H groups in total. The molecular weight excluding hydrogens is 220 g/mol. The molecule has 0 aliphatic heterocycles. The molecule has 0 aromatic heterocycles. The highest BCUT2D eigenvalue weighted by molar-refractivity contribution is 5.71. The average Bonchev–Trinajstić information content (AvgIpc) is 2.38. The second-order valence-electron chi connectivity index (χ2n) is 4.10. The van der Waals surface area contributed by atoms with Crippen LogP contribution in [0.4, 0.5) is 0 Å². The third-order valence-electron chi connectivity index (χ3n) is 2.77. The molecule has 96 valence electrons. The lowest BCUT2D eigenvalue weighted by atomic mass is 9.94. The molecule has 1 rings (SSSR count). The van der Waals surface area contributed by atoms with Gasteiger partial charge in [-0.25, -0.2) is 0 Å². The first kappa shape index (κ1) is 13.7. The van der Waals surface area contributed by atoms with Crippen LogP contribution in [0.25, 0.3) is 0 Å². The van der Waals surface area contributed by atoms with Crippen molar-refractivity contribution < 1.29 is 19.1 Å². The molecule has 0 aromatic carbocycles. The predicted molar refractivity (Wildman–Crippen MR) is 63.0 cm³/mol. The minimum absolute atomic E-state index is 0.0889. The lowest BCUT2D eigenvalue weighted by Gasteiger charge is -2.27. The fraction of sp³-hybridized carbons (Fsp3) is 0.692. The summed E-state index contributed by atoms with van der Waals surface area (Å²) in [5.74, 6) is -0.562. The number of esters is 2. The fourth-order valence-corrected chi connectivity index (χ4v) is 1.71. The predicted octanol–water partition coefficient (Wildman–Crippen LogP) is 2.58. The minimum atomic E-state index is -0.722. The van der Waals surface area contributed by atoms with Crippen molar-refractivity contribution in [1.82, 2.24) is 0 Å². The largest absolute Gasteiger partial charge is 0.425 e. The molecule has 1 atom stereocenters. The highest BCUT2D eigenvalue weighted by Crippen LogP contribution is 2.25. The zero-order valence-electron chi connectivity index (χ0n) is 10.5. The molecule has 17 heavy (non-hydrogen) atoms. The van der Waals surface area contributed by atoms with Crippen molar-refractivity contribution >= 4 is 11.9 Å². The smallest absolute Gasteiger partial charge is 0.308 e. The van der Waals surface area contributed by atoms with Crippen molar-refractivity contribution in [2.45, 2.75) is 52.2 Å². The lowest BCUT2D eigenvalue weighted by molar-refractivity contribution is -0.198. The Morgan fingerprint density at radius 1 is 1.18 bits per heavy atom. The standard InChI is InChI=1S/C13H20O4/c1-3-11(14)16-13(17-12(15)4-2)10-8-6-5-7-9-10/h5-6,10,13H,3-4,7-9H2,1-2H3. The van der Waals surface area contributed by atoms with Gasteiger partial charge in [-0.1, -0.05) is 26.0 Å². The summed E-state index contributed by atoms with van der Waals surface area (Å²) in [7, 11) is 0. The van der Waals surface area contributed by atoms with Crippen molar-refractivity contribution in [3.8, 4) is 0 Å². The van der Waals surface area contributed by atoms with Crippen LogP contribution in [-0.2, 0) is 19.1 Å². The Bertz CT molecular complexity index is 278. The van der Waals surface area contributed by atoms with Crippen LogP contribution in [0.15, 0.2) is 12.2 Å². The number of ether oxygens (including phenoxy) is 2. The Morgan fingerprint density at radius 2 is 1.76 bits per heavy atom. The molecular formula is C13H20O4. The van der Waals surface area contributed by atoms with Crippen LogP contribution in [-0.4, -0.2) is 18.2 Å². The second-order valence-corrected chi connectivity index (χ2v) is 4.10. The summed E-state index contributed by atoms with van der Waals surface area (Å²) in [6, 6.07) is 0. The number of carbonyl (C=O) groups excluding carboxylic acids is 2. The van der Waals surface area contributed by atoms with Crippen LogP contribution in [0, 0.1) is 5.92 Å². The van der Waals surface area contributed by atoms with E-state index in [9.17, 15) is 9.59 Å². The molecule has 1 aliphatic carbocycles. The topological polar surface area (TPSA) is 52.6 Å². The average molecular weight is 240 g/mol. The van der Waals surface area contributed by atoms with E-state index in [1.165, 1.54) is 0 Å². The van der Waals surface area contributed by atoms with E-state index in [0.717, 1.165) is 19.3 Å². The molecule has 0 fully saturated rings. The van der Waals surface area contributed by atoms with Crippen molar-refractivity contribution in [3.05, 3.63) is 12.2 Å². The van der Waals surface area contributed by atoms with Gasteiger partial charge >= 0.3 is 11.9 Å². The molecule has 0 aromatic rings. The van der Waals surface area contributed by atoms with Crippen LogP contribution in [0.2, 0.25) is 0 Å². The van der Waals surface area contributed by atoms with E-state index in [2.05, 4.69) is 6.08 Å². The summed E-state index contributed by atoms with van der Waals surface area (Å²) in [4.78, 5) is 22.6. The van der Waals surface area contributed by atoms with Gasteiger partial charge in [0.05, 0.1) is 0 Å². The quantitative estimate of drug-likeness (QED) is 0.421. The summed E-state index contributed by atoms with van der Waals surface area (Å²) in [5.41, 5.74) is 0. The summed E-state index contributed by atoms with van der Waals surface area (Å²) >= 11 is 0. The molecule has 0 radical (unpaired) electrons. The van der Waals surface area contributed by atoms with Gasteiger partial charge in [-0.3, -0.25) is 9.59 Å². The normalized spacial score (nSPS) is 19.1. The highest BCUT2D eigenvalue weighted by Gasteiger charge is 2.28. The number of allylic oxidation sites excluding steroid dienone is 2. The zero-order valence-corrected chi connectivity index (χ0v) is 10.5. The maximum atomic E-state index is 11.3. The van der Waals surface area contributed by atoms with Crippen molar-refractivity contribution in [2.75, 3.05) is 0 Å². The molecule has 0 bridgehead atoms. The van der Waals surface area contributed by atoms with Gasteiger partial charge in [-0.2, -0.15) is 0 Å². The summed E-state index contributed by atoms with van der Waals surface area (Å²) in [6.45, 7) is 3.45. The van der Waals surface area contributed by atoms with Gasteiger partial charge in [0.15, 0.2) is 0 Å². The van der Waals surface area contributed by atoms with E-state index in [-0.39, 0.29) is 17.9 Å². The van der Waals surface area contributed by atoms with E-state index in [0.29, 0.717) is 12.8 Å². The van der Waals surface area contributed by atoms with Crippen LogP contribution < -0.4 is 0 Å². The first-order valence-corrected chi connectivity index (χ1v) is 6.21. The minimum Gasteiger partial charge on any atom is -0.425 e. The van der Waals surface area contributed by atoms with E-state index in [1.807, 2.05) is 6.08 Å². The van der Waals surface area contributed by atoms with E-state index < -0.39 is 6.29 Å². The molecule has 0 spiro atoms. The van der Waals surface area contributed by atoms with Gasteiger partial charge in [-0.15, -0.1) is 0 Å². The first-order chi connectivity index (χ1) is 8.17. The first-order valence-electron chi connectivity index (χ1n) is 6.21. The molecule has 1 unspecified atom stereocenters. The van der Waals surface area contributed by atoms with Crippen molar-refractivity contribution in [2.24, 2.45) is 5.92 Å². The number of hydrogen-bond acceptors (Lipinski definition) is 4. The van der Waals surface area contributed by atoms with Gasteiger partial charge in [0.25, 0.3) is 6.29 Å². The van der Waals surface area contributed by atoms with Gasteiger partial charge in [0.1, 0.15) is 0 Å². The number of hydrogen-bond donors (Lipinski definition) is 0.